The van der Waals surface area contributed by atoms with Gasteiger partial charge < -0.3 is 4.74 Å². The van der Waals surface area contributed by atoms with Gasteiger partial charge in [0.1, 0.15) is 0 Å². The van der Waals surface area contributed by atoms with E-state index < -0.39 is 31.8 Å². The number of nitrogens with one attached hydrogen (secondary N) is 1. The minimum Gasteiger partial charge on any atom is -0.465 e. The molecule has 0 aliphatic carbocycles. The second-order valence-corrected chi connectivity index (χ2v) is 6.72. The molecule has 0 spiro atoms. The highest BCUT2D eigenvalue weighted by molar-refractivity contribution is 7.90. The zero-order valence-corrected chi connectivity index (χ0v) is 11.0. The summed E-state index contributed by atoms with van der Waals surface area (Å²) in [5.41, 5.74) is 0. The quantitative estimate of drug-likeness (QED) is 0.398. The van der Waals surface area contributed by atoms with Crippen LogP contribution in [0.4, 0.5) is 0 Å². The normalized spacial score (nSPS) is 12.4. The summed E-state index contributed by atoms with van der Waals surface area (Å²) < 4.78 is 50.1. The summed E-state index contributed by atoms with van der Waals surface area (Å²) in [6.45, 7) is 1.56. The van der Waals surface area contributed by atoms with Crippen LogP contribution in [0.5, 0.6) is 0 Å². The van der Waals surface area contributed by atoms with E-state index in [4.69, 9.17) is 5.14 Å². The summed E-state index contributed by atoms with van der Waals surface area (Å²) >= 11 is 0. The van der Waals surface area contributed by atoms with Gasteiger partial charge in [-0.1, -0.05) is 0 Å². The van der Waals surface area contributed by atoms with Crippen molar-refractivity contribution in [2.24, 2.45) is 5.14 Å². The first-order valence-electron chi connectivity index (χ1n) is 4.79. The highest BCUT2D eigenvalue weighted by Gasteiger charge is 2.16. The van der Waals surface area contributed by atoms with Crippen LogP contribution in [0.25, 0.3) is 0 Å². The molecule has 0 atom stereocenters. The van der Waals surface area contributed by atoms with Gasteiger partial charge in [-0.2, -0.15) is 0 Å². The number of esters is 1. The molecule has 0 radical (unpaired) electrons. The Bertz CT molecular complexity index is 441. The van der Waals surface area contributed by atoms with E-state index in [-0.39, 0.29) is 25.3 Å². The van der Waals surface area contributed by atoms with E-state index in [1.807, 2.05) is 0 Å². The largest absolute Gasteiger partial charge is 0.465 e. The molecule has 0 heterocycles. The monoisotopic (exact) mass is 288 g/mol. The standard InChI is InChI=1S/C7H16N2O6S2/c1-2-15-7(10)6-17(13,14)9-4-3-5-16(8,11)12/h9H,2-6H2,1H3,(H2,8,11,12). The molecule has 0 rings (SSSR count). The molecule has 0 aromatic carbocycles. The van der Waals surface area contributed by atoms with Crippen molar-refractivity contribution in [2.75, 3.05) is 24.7 Å². The zero-order valence-electron chi connectivity index (χ0n) is 9.38. The molecule has 8 nitrogen and oxygen atoms in total. The Kier molecular flexibility index (Phi) is 6.60. The molecule has 0 unspecified atom stereocenters. The lowest BCUT2D eigenvalue weighted by molar-refractivity contribution is -0.139. The van der Waals surface area contributed by atoms with Crippen LogP contribution < -0.4 is 9.86 Å². The van der Waals surface area contributed by atoms with Gasteiger partial charge >= 0.3 is 5.97 Å². The summed E-state index contributed by atoms with van der Waals surface area (Å²) in [7, 11) is -7.38. The molecule has 0 bridgehead atoms. The molecule has 10 heteroatoms. The molecule has 0 aliphatic heterocycles. The number of ether oxygens (including phenoxy) is 1. The molecule has 0 aromatic rings. The van der Waals surface area contributed by atoms with Gasteiger partial charge in [-0.25, -0.2) is 26.7 Å². The fraction of sp³-hybridized carbons (Fsp3) is 0.857. The van der Waals surface area contributed by atoms with Crippen LogP contribution in [0.2, 0.25) is 0 Å². The van der Waals surface area contributed by atoms with Gasteiger partial charge in [-0.05, 0) is 13.3 Å². The van der Waals surface area contributed by atoms with Crippen molar-refractivity contribution in [3.05, 3.63) is 0 Å². The van der Waals surface area contributed by atoms with Crippen molar-refractivity contribution < 1.29 is 26.4 Å². The van der Waals surface area contributed by atoms with Crippen molar-refractivity contribution >= 4 is 26.0 Å². The van der Waals surface area contributed by atoms with Gasteiger partial charge in [0, 0.05) is 6.54 Å². The molecule has 0 fully saturated rings. The minimum absolute atomic E-state index is 0.0425. The maximum atomic E-state index is 11.2. The number of sulfonamides is 2. The summed E-state index contributed by atoms with van der Waals surface area (Å²) in [5, 5.41) is 4.73. The third-order valence-corrected chi connectivity index (χ3v) is 3.66. The highest BCUT2D eigenvalue weighted by Crippen LogP contribution is 1.90. The smallest absolute Gasteiger partial charge is 0.322 e. The number of carbonyl (C=O) groups is 1. The highest BCUT2D eigenvalue weighted by atomic mass is 32.2. The molecule has 0 amide bonds. The molecular formula is C7H16N2O6S2. The fourth-order valence-corrected chi connectivity index (χ4v) is 2.41. The van der Waals surface area contributed by atoms with Crippen LogP contribution in [0, 0.1) is 0 Å². The zero-order chi connectivity index (χ0) is 13.5. The molecular weight excluding hydrogens is 272 g/mol. The maximum absolute atomic E-state index is 11.2. The minimum atomic E-state index is -3.78. The lowest BCUT2D eigenvalue weighted by Crippen LogP contribution is -2.32. The maximum Gasteiger partial charge on any atom is 0.322 e. The molecule has 17 heavy (non-hydrogen) atoms. The van der Waals surface area contributed by atoms with Crippen LogP contribution >= 0.6 is 0 Å². The number of nitrogens with two attached hydrogens (primary N) is 1. The van der Waals surface area contributed by atoms with Crippen LogP contribution in [-0.2, 0) is 29.6 Å². The molecule has 0 aromatic heterocycles. The molecule has 0 saturated heterocycles. The van der Waals surface area contributed by atoms with Gasteiger partial charge in [0.2, 0.25) is 20.0 Å². The van der Waals surface area contributed by atoms with Crippen LogP contribution in [0.15, 0.2) is 0 Å². The Morgan fingerprint density at radius 3 is 2.35 bits per heavy atom. The first kappa shape index (κ1) is 16.3. The average molecular weight is 288 g/mol. The molecule has 102 valence electrons. The second kappa shape index (κ2) is 6.89. The lowest BCUT2D eigenvalue weighted by atomic mass is 10.5. The Morgan fingerprint density at radius 2 is 1.88 bits per heavy atom. The van der Waals surface area contributed by atoms with Gasteiger partial charge in [-0.15, -0.1) is 0 Å². The number of primary sulfonamides is 1. The third kappa shape index (κ3) is 10.2. The SMILES string of the molecule is CCOC(=O)CS(=O)(=O)NCCCS(N)(=O)=O. The molecule has 0 saturated carbocycles. The van der Waals surface area contributed by atoms with Crippen molar-refractivity contribution in [1.29, 1.82) is 0 Å². The van der Waals surface area contributed by atoms with E-state index in [1.165, 1.54) is 0 Å². The van der Waals surface area contributed by atoms with Crippen LogP contribution in [0.3, 0.4) is 0 Å². The number of hydrogen-bond donors (Lipinski definition) is 2. The van der Waals surface area contributed by atoms with E-state index in [9.17, 15) is 21.6 Å². The summed E-state index contributed by atoms with van der Waals surface area (Å²) in [4.78, 5) is 10.9. The molecule has 3 N–H and O–H groups in total. The number of carbonyl (C=O) groups excluding carboxylic acids is 1. The number of hydrogen-bond acceptors (Lipinski definition) is 6. The van der Waals surface area contributed by atoms with E-state index in [0.717, 1.165) is 0 Å². The van der Waals surface area contributed by atoms with Gasteiger partial charge in [0.15, 0.2) is 5.75 Å². The summed E-state index contributed by atoms with van der Waals surface area (Å²) in [6.07, 6.45) is 0.0425. The Labute approximate surface area is 101 Å². The number of rotatable bonds is 8. The predicted octanol–water partition coefficient (Wildman–Crippen LogP) is -1.85. The van der Waals surface area contributed by atoms with Crippen molar-refractivity contribution in [1.82, 2.24) is 4.72 Å². The predicted molar refractivity (Wildman–Crippen MR) is 61.0 cm³/mol. The average Bonchev–Trinajstić information content (AvgIpc) is 2.10. The van der Waals surface area contributed by atoms with Gasteiger partial charge in [0.05, 0.1) is 12.4 Å². The fourth-order valence-electron chi connectivity index (χ4n) is 0.910. The summed E-state index contributed by atoms with van der Waals surface area (Å²) in [6, 6.07) is 0. The van der Waals surface area contributed by atoms with Gasteiger partial charge in [-0.3, -0.25) is 4.79 Å². The summed E-state index contributed by atoms with van der Waals surface area (Å²) in [5.74, 6) is -1.96. The van der Waals surface area contributed by atoms with E-state index in [2.05, 4.69) is 9.46 Å². The van der Waals surface area contributed by atoms with Crippen molar-refractivity contribution in [2.45, 2.75) is 13.3 Å². The van der Waals surface area contributed by atoms with Crippen LogP contribution in [-0.4, -0.2) is 47.5 Å². The van der Waals surface area contributed by atoms with Crippen molar-refractivity contribution in [3.63, 3.8) is 0 Å². The Hall–Kier alpha value is -0.710. The Balaban J connectivity index is 3.99. The first-order chi connectivity index (χ1) is 7.66. The first-order valence-corrected chi connectivity index (χ1v) is 8.16. The van der Waals surface area contributed by atoms with E-state index >= 15 is 0 Å². The Morgan fingerprint density at radius 1 is 1.29 bits per heavy atom. The van der Waals surface area contributed by atoms with Crippen molar-refractivity contribution in [3.8, 4) is 0 Å². The van der Waals surface area contributed by atoms with Crippen LogP contribution in [0.1, 0.15) is 13.3 Å². The van der Waals surface area contributed by atoms with E-state index in [0.29, 0.717) is 0 Å². The molecule has 0 aliphatic rings. The lowest BCUT2D eigenvalue weighted by Gasteiger charge is -2.05. The van der Waals surface area contributed by atoms with E-state index in [1.54, 1.807) is 6.92 Å². The van der Waals surface area contributed by atoms with Gasteiger partial charge in [0.25, 0.3) is 0 Å². The third-order valence-electron chi connectivity index (χ3n) is 1.54. The topological polar surface area (TPSA) is 133 Å². The second-order valence-electron chi connectivity index (χ2n) is 3.18.